The van der Waals surface area contributed by atoms with Gasteiger partial charge in [0, 0.05) is 18.9 Å². The number of pyridine rings is 1. The molecule has 234 valence electrons. The summed E-state index contributed by atoms with van der Waals surface area (Å²) in [7, 11) is -3.94. The number of hydrogen-bond donors (Lipinski definition) is 0. The van der Waals surface area contributed by atoms with Crippen LogP contribution in [-0.4, -0.2) is 39.3 Å². The fraction of sp³-hybridized carbons (Fsp3) is 0.647. The van der Waals surface area contributed by atoms with E-state index in [1.54, 1.807) is 18.2 Å². The van der Waals surface area contributed by atoms with Crippen LogP contribution in [0.1, 0.15) is 121 Å². The summed E-state index contributed by atoms with van der Waals surface area (Å²) in [5, 5.41) is 9.15. The summed E-state index contributed by atoms with van der Waals surface area (Å²) in [6, 6.07) is 10.1. The minimum absolute atomic E-state index is 0.0917. The Hall–Kier alpha value is -2.47. The van der Waals surface area contributed by atoms with E-state index in [1.165, 1.54) is 114 Å². The molecule has 0 saturated carbocycles. The molecule has 1 aromatic heterocycles. The summed E-state index contributed by atoms with van der Waals surface area (Å²) in [4.78, 5) is 4.10. The number of benzene rings is 1. The van der Waals surface area contributed by atoms with E-state index in [2.05, 4.69) is 11.9 Å². The molecule has 42 heavy (non-hydrogen) atoms. The lowest BCUT2D eigenvalue weighted by atomic mass is 10.0. The van der Waals surface area contributed by atoms with Crippen LogP contribution in [0.5, 0.6) is 5.75 Å². The molecule has 0 N–H and O–H groups in total. The molecule has 1 atom stereocenters. The smallest absolute Gasteiger partial charge is 0.297 e. The van der Waals surface area contributed by atoms with E-state index in [-0.39, 0.29) is 18.1 Å². The number of hydrogen-bond acceptors (Lipinski definition) is 7. The Morgan fingerprint density at radius 2 is 1.33 bits per heavy atom. The largest absolute Gasteiger partial charge is 0.484 e. The van der Waals surface area contributed by atoms with Gasteiger partial charge in [-0.15, -0.1) is 0 Å². The Morgan fingerprint density at radius 1 is 0.786 bits per heavy atom. The molecule has 0 aliphatic heterocycles. The number of aromatic nitrogens is 1. The SMILES string of the molecule is CCCCCCCCCCCCCCCCCCOC[C@H](COS(=O)(=O)c1ccc(C)cc1)Oc1cncc(C#N)c1. The highest BCUT2D eigenvalue weighted by Crippen LogP contribution is 2.17. The van der Waals surface area contributed by atoms with Gasteiger partial charge in [-0.3, -0.25) is 9.17 Å². The first-order valence-corrected chi connectivity index (χ1v) is 17.4. The fourth-order valence-electron chi connectivity index (χ4n) is 4.76. The van der Waals surface area contributed by atoms with Crippen molar-refractivity contribution in [2.45, 2.75) is 128 Å². The number of rotatable bonds is 25. The zero-order chi connectivity index (χ0) is 30.3. The van der Waals surface area contributed by atoms with Gasteiger partial charge in [0.2, 0.25) is 0 Å². The third-order valence-corrected chi connectivity index (χ3v) is 8.61. The molecule has 0 saturated heterocycles. The minimum atomic E-state index is -3.94. The molecule has 1 aromatic carbocycles. The van der Waals surface area contributed by atoms with Gasteiger partial charge in [0.25, 0.3) is 10.1 Å². The molecule has 8 heteroatoms. The molecule has 0 aliphatic carbocycles. The Morgan fingerprint density at radius 3 is 1.88 bits per heavy atom. The topological polar surface area (TPSA) is 98.5 Å². The monoisotopic (exact) mass is 600 g/mol. The van der Waals surface area contributed by atoms with Crippen molar-refractivity contribution in [3.8, 4) is 11.8 Å². The van der Waals surface area contributed by atoms with Crippen molar-refractivity contribution in [3.05, 3.63) is 53.9 Å². The molecule has 0 bridgehead atoms. The average molecular weight is 601 g/mol. The standard InChI is InChI=1S/C34H52N2O5S/c1-3-4-5-6-7-8-9-10-11-12-13-14-15-16-17-18-23-39-28-33(41-32-24-31(25-35)26-36-27-32)29-40-42(37,38)34-21-19-30(2)20-22-34/h19-22,24,26-27,33H,3-18,23,28-29H2,1-2H3/t33-/m1/s1. The van der Waals surface area contributed by atoms with Gasteiger partial charge >= 0.3 is 0 Å². The van der Waals surface area contributed by atoms with Crippen molar-refractivity contribution >= 4 is 10.1 Å². The molecule has 0 radical (unpaired) electrons. The summed E-state index contributed by atoms with van der Waals surface area (Å²) < 4.78 is 42.4. The van der Waals surface area contributed by atoms with Crippen molar-refractivity contribution in [3.63, 3.8) is 0 Å². The molecule has 0 amide bonds. The summed E-state index contributed by atoms with van der Waals surface area (Å²) >= 11 is 0. The highest BCUT2D eigenvalue weighted by Gasteiger charge is 2.20. The zero-order valence-electron chi connectivity index (χ0n) is 25.9. The van der Waals surface area contributed by atoms with Gasteiger partial charge in [-0.05, 0) is 25.5 Å². The maximum absolute atomic E-state index is 12.7. The van der Waals surface area contributed by atoms with Gasteiger partial charge in [-0.1, -0.05) is 121 Å². The quantitative estimate of drug-likeness (QED) is 0.0830. The molecule has 7 nitrogen and oxygen atoms in total. The second-order valence-electron chi connectivity index (χ2n) is 11.2. The highest BCUT2D eigenvalue weighted by atomic mass is 32.2. The number of nitriles is 1. The number of unbranched alkanes of at least 4 members (excludes halogenated alkanes) is 15. The third-order valence-electron chi connectivity index (χ3n) is 7.31. The van der Waals surface area contributed by atoms with Gasteiger partial charge < -0.3 is 9.47 Å². The predicted octanol–water partition coefficient (Wildman–Crippen LogP) is 8.69. The van der Waals surface area contributed by atoms with E-state index in [9.17, 15) is 8.42 Å². The van der Waals surface area contributed by atoms with Crippen molar-refractivity contribution in [1.29, 1.82) is 5.26 Å². The minimum Gasteiger partial charge on any atom is -0.484 e. The molecular formula is C34H52N2O5S. The van der Waals surface area contributed by atoms with E-state index in [4.69, 9.17) is 18.9 Å². The maximum atomic E-state index is 12.7. The summed E-state index contributed by atoms with van der Waals surface area (Å²) in [5.74, 6) is 0.362. The molecular weight excluding hydrogens is 548 g/mol. The molecule has 0 unspecified atom stereocenters. The van der Waals surface area contributed by atoms with Crippen molar-refractivity contribution in [2.24, 2.45) is 0 Å². The van der Waals surface area contributed by atoms with Gasteiger partial charge in [0.15, 0.2) is 0 Å². The van der Waals surface area contributed by atoms with Crippen LogP contribution >= 0.6 is 0 Å². The van der Waals surface area contributed by atoms with Crippen LogP contribution in [0.4, 0.5) is 0 Å². The lowest BCUT2D eigenvalue weighted by Crippen LogP contribution is -2.30. The summed E-state index contributed by atoms with van der Waals surface area (Å²) in [5.41, 5.74) is 1.32. The maximum Gasteiger partial charge on any atom is 0.297 e. The Labute approximate surface area is 255 Å². The Bertz CT molecular complexity index is 1120. The zero-order valence-corrected chi connectivity index (χ0v) is 26.7. The second-order valence-corrected chi connectivity index (χ2v) is 12.8. The third kappa shape index (κ3) is 16.2. The summed E-state index contributed by atoms with van der Waals surface area (Å²) in [6.07, 6.45) is 23.3. The van der Waals surface area contributed by atoms with Gasteiger partial charge in [-0.25, -0.2) is 0 Å². The molecule has 1 heterocycles. The van der Waals surface area contributed by atoms with E-state index in [1.807, 2.05) is 13.0 Å². The van der Waals surface area contributed by atoms with Crippen molar-refractivity contribution in [2.75, 3.05) is 19.8 Å². The fourth-order valence-corrected chi connectivity index (χ4v) is 5.69. The Kier molecular flexibility index (Phi) is 18.8. The van der Waals surface area contributed by atoms with Crippen LogP contribution in [0.25, 0.3) is 0 Å². The van der Waals surface area contributed by atoms with Crippen molar-refractivity contribution < 1.29 is 22.1 Å². The van der Waals surface area contributed by atoms with Crippen LogP contribution in [0, 0.1) is 18.3 Å². The van der Waals surface area contributed by atoms with Crippen LogP contribution < -0.4 is 4.74 Å². The van der Waals surface area contributed by atoms with Gasteiger partial charge in [0.1, 0.15) is 24.5 Å². The van der Waals surface area contributed by atoms with Crippen LogP contribution in [0.2, 0.25) is 0 Å². The molecule has 0 spiro atoms. The average Bonchev–Trinajstić information content (AvgIpc) is 2.99. The van der Waals surface area contributed by atoms with E-state index in [0.717, 1.165) is 18.4 Å². The van der Waals surface area contributed by atoms with E-state index >= 15 is 0 Å². The normalized spacial score (nSPS) is 12.2. The first-order chi connectivity index (χ1) is 20.4. The number of nitrogens with zero attached hydrogens (tertiary/aromatic N) is 2. The van der Waals surface area contributed by atoms with E-state index < -0.39 is 16.2 Å². The van der Waals surface area contributed by atoms with Crippen LogP contribution in [0.15, 0.2) is 47.6 Å². The van der Waals surface area contributed by atoms with Crippen LogP contribution in [-0.2, 0) is 19.0 Å². The predicted molar refractivity (Wildman–Crippen MR) is 168 cm³/mol. The van der Waals surface area contributed by atoms with Crippen LogP contribution in [0.3, 0.4) is 0 Å². The lowest BCUT2D eigenvalue weighted by Gasteiger charge is -2.19. The molecule has 2 rings (SSSR count). The van der Waals surface area contributed by atoms with Gasteiger partial charge in [-0.2, -0.15) is 13.7 Å². The summed E-state index contributed by atoms with van der Waals surface area (Å²) in [6.45, 7) is 4.68. The molecule has 2 aromatic rings. The van der Waals surface area contributed by atoms with Crippen molar-refractivity contribution in [1.82, 2.24) is 4.98 Å². The molecule has 0 aliphatic rings. The van der Waals surface area contributed by atoms with E-state index in [0.29, 0.717) is 17.9 Å². The van der Waals surface area contributed by atoms with Gasteiger partial charge in [0.05, 0.1) is 23.3 Å². The second kappa shape index (κ2) is 22.1. The first kappa shape index (κ1) is 35.7. The highest BCUT2D eigenvalue weighted by molar-refractivity contribution is 7.86. The number of ether oxygens (including phenoxy) is 2. The molecule has 0 fully saturated rings. The number of aryl methyl sites for hydroxylation is 1. The first-order valence-electron chi connectivity index (χ1n) is 16.0. The lowest BCUT2D eigenvalue weighted by molar-refractivity contribution is 0.0255. The Balaban J connectivity index is 1.61.